The van der Waals surface area contributed by atoms with Crippen LogP contribution >= 0.6 is 0 Å². The Balaban J connectivity index is 1.96. The van der Waals surface area contributed by atoms with Gasteiger partial charge in [-0.25, -0.2) is 0 Å². The third-order valence-corrected chi connectivity index (χ3v) is 3.10. The standard InChI is InChI=1S/C12H16N4/c1-9-7-13-8-11-12(9)16(15-14-11)10-5-3-2-4-6-10/h2-6,9,13-15H,7-8H2,1H3. The molecule has 0 saturated carbocycles. The van der Waals surface area contributed by atoms with Crippen molar-refractivity contribution in [3.63, 3.8) is 0 Å². The molecular formula is C12H16N4. The van der Waals surface area contributed by atoms with Gasteiger partial charge in [-0.2, -0.15) is 0 Å². The summed E-state index contributed by atoms with van der Waals surface area (Å²) in [5, 5.41) is 5.53. The van der Waals surface area contributed by atoms with Gasteiger partial charge in [0.15, 0.2) is 0 Å². The van der Waals surface area contributed by atoms with Crippen LogP contribution in [0.5, 0.6) is 0 Å². The summed E-state index contributed by atoms with van der Waals surface area (Å²) in [6, 6.07) is 10.4. The fourth-order valence-corrected chi connectivity index (χ4v) is 2.33. The van der Waals surface area contributed by atoms with Crippen LogP contribution in [0.2, 0.25) is 0 Å². The number of hydrogen-bond donors (Lipinski definition) is 3. The van der Waals surface area contributed by atoms with E-state index in [9.17, 15) is 0 Å². The van der Waals surface area contributed by atoms with Gasteiger partial charge >= 0.3 is 0 Å². The minimum atomic E-state index is 0.520. The van der Waals surface area contributed by atoms with Crippen LogP contribution in [0.25, 0.3) is 0 Å². The molecule has 1 unspecified atom stereocenters. The van der Waals surface area contributed by atoms with Crippen molar-refractivity contribution >= 4 is 5.69 Å². The number of hydrazine groups is 2. The van der Waals surface area contributed by atoms with Crippen molar-refractivity contribution in [3.8, 4) is 0 Å². The van der Waals surface area contributed by atoms with E-state index < -0.39 is 0 Å². The van der Waals surface area contributed by atoms with Gasteiger partial charge in [0.1, 0.15) is 0 Å². The van der Waals surface area contributed by atoms with Crippen molar-refractivity contribution in [2.75, 3.05) is 18.1 Å². The first-order valence-corrected chi connectivity index (χ1v) is 5.67. The third-order valence-electron chi connectivity index (χ3n) is 3.10. The average molecular weight is 216 g/mol. The van der Waals surface area contributed by atoms with Crippen molar-refractivity contribution < 1.29 is 0 Å². The van der Waals surface area contributed by atoms with Crippen LogP contribution in [0.1, 0.15) is 6.92 Å². The summed E-state index contributed by atoms with van der Waals surface area (Å²) < 4.78 is 0. The number of anilines is 1. The highest BCUT2D eigenvalue weighted by molar-refractivity contribution is 5.54. The molecule has 0 amide bonds. The van der Waals surface area contributed by atoms with E-state index in [-0.39, 0.29) is 0 Å². The molecule has 0 spiro atoms. The fourth-order valence-electron chi connectivity index (χ4n) is 2.33. The zero-order valence-corrected chi connectivity index (χ0v) is 9.33. The van der Waals surface area contributed by atoms with Crippen molar-refractivity contribution in [2.45, 2.75) is 6.92 Å². The maximum atomic E-state index is 3.39. The maximum absolute atomic E-state index is 3.39. The van der Waals surface area contributed by atoms with Gasteiger partial charge in [-0.15, -0.1) is 5.53 Å². The Morgan fingerprint density at radius 3 is 2.88 bits per heavy atom. The summed E-state index contributed by atoms with van der Waals surface area (Å²) >= 11 is 0. The molecule has 0 radical (unpaired) electrons. The van der Waals surface area contributed by atoms with Gasteiger partial charge in [0.2, 0.25) is 0 Å². The molecule has 3 N–H and O–H groups in total. The lowest BCUT2D eigenvalue weighted by Gasteiger charge is -2.27. The second-order valence-corrected chi connectivity index (χ2v) is 4.30. The number of benzene rings is 1. The minimum Gasteiger partial charge on any atom is -0.310 e. The predicted octanol–water partition coefficient (Wildman–Crippen LogP) is 0.967. The molecule has 2 aliphatic heterocycles. The highest BCUT2D eigenvalue weighted by atomic mass is 15.7. The Hall–Kier alpha value is -1.52. The molecule has 2 heterocycles. The Morgan fingerprint density at radius 1 is 1.25 bits per heavy atom. The summed E-state index contributed by atoms with van der Waals surface area (Å²) in [6.45, 7) is 4.19. The molecule has 2 aliphatic rings. The van der Waals surface area contributed by atoms with E-state index in [1.54, 1.807) is 0 Å². The van der Waals surface area contributed by atoms with Crippen LogP contribution in [0, 0.1) is 5.92 Å². The average Bonchev–Trinajstić information content (AvgIpc) is 2.75. The van der Waals surface area contributed by atoms with Crippen LogP contribution < -0.4 is 21.3 Å². The molecule has 4 heteroatoms. The Bertz CT molecular complexity index is 412. The van der Waals surface area contributed by atoms with Gasteiger partial charge in [0.25, 0.3) is 0 Å². The lowest BCUT2D eigenvalue weighted by atomic mass is 10.0. The first-order chi connectivity index (χ1) is 7.86. The zero-order chi connectivity index (χ0) is 11.0. The lowest BCUT2D eigenvalue weighted by molar-refractivity contribution is 0.546. The molecule has 3 rings (SSSR count). The Kier molecular flexibility index (Phi) is 2.31. The topological polar surface area (TPSA) is 39.3 Å². The second-order valence-electron chi connectivity index (χ2n) is 4.30. The SMILES string of the molecule is CC1CNCC2=C1N(c1ccccc1)NN2. The third kappa shape index (κ3) is 1.47. The van der Waals surface area contributed by atoms with Crippen LogP contribution in [0.4, 0.5) is 5.69 Å². The van der Waals surface area contributed by atoms with Crippen LogP contribution in [0.3, 0.4) is 0 Å². The normalized spacial score (nSPS) is 24.3. The van der Waals surface area contributed by atoms with Crippen molar-refractivity contribution in [3.05, 3.63) is 41.7 Å². The lowest BCUT2D eigenvalue weighted by Crippen LogP contribution is -2.39. The summed E-state index contributed by atoms with van der Waals surface area (Å²) in [5.41, 5.74) is 10.2. The molecule has 4 nitrogen and oxygen atoms in total. The van der Waals surface area contributed by atoms with Crippen LogP contribution in [-0.4, -0.2) is 13.1 Å². The van der Waals surface area contributed by atoms with Crippen LogP contribution in [0.15, 0.2) is 41.7 Å². The van der Waals surface area contributed by atoms with Gasteiger partial charge in [-0.05, 0) is 12.1 Å². The largest absolute Gasteiger partial charge is 0.310 e. The number of nitrogens with one attached hydrogen (secondary N) is 3. The Labute approximate surface area is 95.3 Å². The number of hydrogen-bond acceptors (Lipinski definition) is 4. The van der Waals surface area contributed by atoms with Gasteiger partial charge in [-0.1, -0.05) is 25.1 Å². The molecular weight excluding hydrogens is 200 g/mol. The van der Waals surface area contributed by atoms with E-state index in [4.69, 9.17) is 0 Å². The van der Waals surface area contributed by atoms with Gasteiger partial charge in [-0.3, -0.25) is 5.01 Å². The molecule has 16 heavy (non-hydrogen) atoms. The van der Waals surface area contributed by atoms with E-state index in [1.807, 2.05) is 6.07 Å². The number of para-hydroxylation sites is 1. The zero-order valence-electron chi connectivity index (χ0n) is 9.33. The van der Waals surface area contributed by atoms with E-state index >= 15 is 0 Å². The molecule has 0 saturated heterocycles. The molecule has 1 aromatic carbocycles. The van der Waals surface area contributed by atoms with Crippen molar-refractivity contribution in [1.82, 2.24) is 16.3 Å². The van der Waals surface area contributed by atoms with E-state index in [0.717, 1.165) is 13.1 Å². The summed E-state index contributed by atoms with van der Waals surface area (Å²) in [5.74, 6) is 0.520. The predicted molar refractivity (Wildman–Crippen MR) is 64.3 cm³/mol. The summed E-state index contributed by atoms with van der Waals surface area (Å²) in [7, 11) is 0. The molecule has 1 atom stereocenters. The van der Waals surface area contributed by atoms with Crippen molar-refractivity contribution in [2.24, 2.45) is 5.92 Å². The molecule has 0 bridgehead atoms. The summed E-state index contributed by atoms with van der Waals surface area (Å²) in [4.78, 5) is 0. The minimum absolute atomic E-state index is 0.520. The first-order valence-electron chi connectivity index (χ1n) is 5.67. The van der Waals surface area contributed by atoms with E-state index in [1.165, 1.54) is 17.1 Å². The highest BCUT2D eigenvalue weighted by Gasteiger charge is 2.29. The van der Waals surface area contributed by atoms with E-state index in [0.29, 0.717) is 5.92 Å². The van der Waals surface area contributed by atoms with Crippen LogP contribution in [-0.2, 0) is 0 Å². The molecule has 1 aromatic rings. The van der Waals surface area contributed by atoms with Gasteiger partial charge in [0.05, 0.1) is 17.1 Å². The number of nitrogens with zero attached hydrogens (tertiary/aromatic N) is 1. The fraction of sp³-hybridized carbons (Fsp3) is 0.333. The monoisotopic (exact) mass is 216 g/mol. The maximum Gasteiger partial charge on any atom is 0.0631 e. The highest BCUT2D eigenvalue weighted by Crippen LogP contribution is 2.28. The van der Waals surface area contributed by atoms with E-state index in [2.05, 4.69) is 52.5 Å². The second kappa shape index (κ2) is 3.81. The quantitative estimate of drug-likeness (QED) is 0.654. The molecule has 0 fully saturated rings. The first kappa shape index (κ1) is 9.69. The Morgan fingerprint density at radius 2 is 2.06 bits per heavy atom. The molecule has 84 valence electrons. The molecule has 0 aliphatic carbocycles. The smallest absolute Gasteiger partial charge is 0.0631 e. The molecule has 0 aromatic heterocycles. The number of rotatable bonds is 1. The van der Waals surface area contributed by atoms with Crippen molar-refractivity contribution in [1.29, 1.82) is 0 Å². The van der Waals surface area contributed by atoms with Gasteiger partial charge in [0, 0.05) is 19.0 Å². The van der Waals surface area contributed by atoms with Gasteiger partial charge < -0.3 is 10.7 Å². The summed E-state index contributed by atoms with van der Waals surface area (Å²) in [6.07, 6.45) is 0.